The fourth-order valence-corrected chi connectivity index (χ4v) is 4.28. The van der Waals surface area contributed by atoms with Crippen molar-refractivity contribution < 1.29 is 22.8 Å². The van der Waals surface area contributed by atoms with Crippen LogP contribution in [0.1, 0.15) is 26.9 Å². The number of alkyl halides is 3. The van der Waals surface area contributed by atoms with Crippen LogP contribution in [0.25, 0.3) is 0 Å². The zero-order valence-electron chi connectivity index (χ0n) is 20.2. The van der Waals surface area contributed by atoms with Gasteiger partial charge in [0.1, 0.15) is 10.4 Å². The van der Waals surface area contributed by atoms with Gasteiger partial charge in [-0.15, -0.1) is 0 Å². The van der Waals surface area contributed by atoms with E-state index in [1.165, 1.54) is 24.4 Å². The Morgan fingerprint density at radius 2 is 1.81 bits per heavy atom. The number of likely N-dealkylation sites (N-methyl/N-ethyl adjacent to an activating group) is 1. The minimum absolute atomic E-state index is 0.00223. The highest BCUT2D eigenvalue weighted by Crippen LogP contribution is 2.34. The molecule has 0 saturated carbocycles. The summed E-state index contributed by atoms with van der Waals surface area (Å²) in [6.07, 6.45) is 0.138. The number of halogens is 3. The number of hydrogen-bond donors (Lipinski definition) is 3. The van der Waals surface area contributed by atoms with E-state index in [2.05, 4.69) is 25.9 Å². The van der Waals surface area contributed by atoms with Gasteiger partial charge >= 0.3 is 6.18 Å². The number of anilines is 1. The summed E-state index contributed by atoms with van der Waals surface area (Å²) in [6, 6.07) is 10.9. The number of hydrogen-bond acceptors (Lipinski definition) is 7. The Morgan fingerprint density at radius 3 is 2.51 bits per heavy atom. The summed E-state index contributed by atoms with van der Waals surface area (Å²) in [5.74, 6) is -0.876. The van der Waals surface area contributed by atoms with Gasteiger partial charge in [0.2, 0.25) is 5.91 Å². The first-order chi connectivity index (χ1) is 17.6. The van der Waals surface area contributed by atoms with Crippen LogP contribution in [0.4, 0.5) is 18.9 Å². The van der Waals surface area contributed by atoms with Crippen LogP contribution in [-0.2, 0) is 11.0 Å². The van der Waals surface area contributed by atoms with E-state index in [4.69, 9.17) is 0 Å². The normalized spacial score (nSPS) is 12.3. The van der Waals surface area contributed by atoms with E-state index in [1.54, 1.807) is 30.6 Å². The Labute approximate surface area is 217 Å². The molecule has 0 radical (unpaired) electrons. The van der Waals surface area contributed by atoms with Crippen molar-refractivity contribution in [3.63, 3.8) is 0 Å². The van der Waals surface area contributed by atoms with Crippen molar-refractivity contribution in [2.75, 3.05) is 39.0 Å². The molecule has 0 aliphatic heterocycles. The molecule has 1 aromatic carbocycles. The second-order valence-electron chi connectivity index (χ2n) is 8.21. The summed E-state index contributed by atoms with van der Waals surface area (Å²) in [4.78, 5) is 35.9. The zero-order valence-corrected chi connectivity index (χ0v) is 21.1. The highest BCUT2D eigenvalue weighted by molar-refractivity contribution is 7.99. The molecule has 2 aromatic heterocycles. The maximum absolute atomic E-state index is 13.1. The molecule has 1 unspecified atom stereocenters. The van der Waals surface area contributed by atoms with E-state index in [9.17, 15) is 22.8 Å². The smallest absolute Gasteiger partial charge is 0.339 e. The van der Waals surface area contributed by atoms with E-state index in [0.717, 1.165) is 36.0 Å². The second-order valence-corrected chi connectivity index (χ2v) is 9.31. The lowest BCUT2D eigenvalue weighted by Gasteiger charge is -2.20. The number of amides is 2. The van der Waals surface area contributed by atoms with Gasteiger partial charge in [-0.25, -0.2) is 4.98 Å². The molecule has 3 rings (SSSR count). The van der Waals surface area contributed by atoms with Gasteiger partial charge in [-0.3, -0.25) is 14.6 Å². The summed E-state index contributed by atoms with van der Waals surface area (Å²) in [5, 5.41) is 8.22. The second kappa shape index (κ2) is 13.2. The molecule has 37 heavy (non-hydrogen) atoms. The van der Waals surface area contributed by atoms with E-state index in [0.29, 0.717) is 11.6 Å². The van der Waals surface area contributed by atoms with Crippen LogP contribution >= 0.6 is 11.8 Å². The van der Waals surface area contributed by atoms with Crippen LogP contribution in [0, 0.1) is 0 Å². The van der Waals surface area contributed by atoms with Gasteiger partial charge < -0.3 is 20.9 Å². The number of pyridine rings is 2. The highest BCUT2D eigenvalue weighted by atomic mass is 32.2. The Hall–Kier alpha value is -3.48. The molecule has 0 aliphatic rings. The van der Waals surface area contributed by atoms with Gasteiger partial charge in [-0.05, 0) is 62.1 Å². The molecule has 0 spiro atoms. The number of rotatable bonds is 11. The van der Waals surface area contributed by atoms with E-state index >= 15 is 0 Å². The van der Waals surface area contributed by atoms with E-state index in [-0.39, 0.29) is 23.7 Å². The molecule has 0 saturated heterocycles. The molecule has 2 amide bonds. The Kier molecular flexibility index (Phi) is 10.0. The minimum Gasteiger partial charge on any atom is -0.339 e. The van der Waals surface area contributed by atoms with Gasteiger partial charge in [0.25, 0.3) is 5.91 Å². The highest BCUT2D eigenvalue weighted by Gasteiger charge is 2.30. The first-order valence-corrected chi connectivity index (χ1v) is 12.2. The third kappa shape index (κ3) is 8.85. The average Bonchev–Trinajstić information content (AvgIpc) is 2.86. The van der Waals surface area contributed by atoms with Gasteiger partial charge in [-0.1, -0.05) is 17.8 Å². The fourth-order valence-electron chi connectivity index (χ4n) is 3.16. The Bertz CT molecular complexity index is 1190. The topological polar surface area (TPSA) is 99.3 Å². The number of thioether (sulfide) groups is 1. The third-order valence-corrected chi connectivity index (χ3v) is 6.19. The molecular formula is C25H27F3N6O2S. The summed E-state index contributed by atoms with van der Waals surface area (Å²) in [5.41, 5.74) is 0.0204. The number of nitrogens with zero attached hydrogens (tertiary/aromatic N) is 3. The van der Waals surface area contributed by atoms with Gasteiger partial charge in [-0.2, -0.15) is 13.2 Å². The van der Waals surface area contributed by atoms with Crippen LogP contribution in [0.2, 0.25) is 0 Å². The van der Waals surface area contributed by atoms with Crippen molar-refractivity contribution in [3.8, 4) is 0 Å². The molecule has 0 fully saturated rings. The van der Waals surface area contributed by atoms with Crippen LogP contribution in [-0.4, -0.2) is 60.4 Å². The monoisotopic (exact) mass is 532 g/mol. The molecule has 196 valence electrons. The maximum Gasteiger partial charge on any atom is 0.416 e. The SMILES string of the molecule is CN(C)CCNCC(=O)NC(Sc1ncccc1C(=O)Nc1cccc(C(F)(F)F)c1)c1ccncc1. The van der Waals surface area contributed by atoms with Crippen molar-refractivity contribution in [1.82, 2.24) is 25.5 Å². The average molecular weight is 533 g/mol. The third-order valence-electron chi connectivity index (χ3n) is 5.02. The first-order valence-electron chi connectivity index (χ1n) is 11.3. The lowest BCUT2D eigenvalue weighted by Crippen LogP contribution is -2.37. The molecule has 3 N–H and O–H groups in total. The first kappa shape index (κ1) is 28.1. The molecule has 0 bridgehead atoms. The summed E-state index contributed by atoms with van der Waals surface area (Å²) < 4.78 is 39.2. The van der Waals surface area contributed by atoms with E-state index < -0.39 is 23.0 Å². The number of carbonyl (C=O) groups excluding carboxylic acids is 2. The molecule has 8 nitrogen and oxygen atoms in total. The van der Waals surface area contributed by atoms with Crippen molar-refractivity contribution in [3.05, 3.63) is 83.8 Å². The molecule has 12 heteroatoms. The van der Waals surface area contributed by atoms with Crippen molar-refractivity contribution in [2.24, 2.45) is 0 Å². The fraction of sp³-hybridized carbons (Fsp3) is 0.280. The largest absolute Gasteiger partial charge is 0.416 e. The Morgan fingerprint density at radius 1 is 1.05 bits per heavy atom. The quantitative estimate of drug-likeness (QED) is 0.196. The minimum atomic E-state index is -4.53. The van der Waals surface area contributed by atoms with E-state index in [1.807, 2.05) is 19.0 Å². The standard InChI is InChI=1S/C25H27F3N6O2S/c1-34(2)14-13-30-16-21(35)33-23(17-8-11-29-12-9-17)37-24-20(7-4-10-31-24)22(36)32-19-6-3-5-18(15-19)25(26,27)28/h3-12,15,23,30H,13-14,16H2,1-2H3,(H,32,36)(H,33,35). The van der Waals surface area contributed by atoms with Crippen LogP contribution < -0.4 is 16.0 Å². The molecule has 3 aromatic rings. The maximum atomic E-state index is 13.1. The zero-order chi connectivity index (χ0) is 26.8. The predicted octanol–water partition coefficient (Wildman–Crippen LogP) is 3.81. The lowest BCUT2D eigenvalue weighted by atomic mass is 10.2. The summed E-state index contributed by atoms with van der Waals surface area (Å²) >= 11 is 1.14. The van der Waals surface area contributed by atoms with Crippen molar-refractivity contribution >= 4 is 29.3 Å². The summed E-state index contributed by atoms with van der Waals surface area (Å²) in [6.45, 7) is 1.50. The van der Waals surface area contributed by atoms with Gasteiger partial charge in [0.15, 0.2) is 0 Å². The van der Waals surface area contributed by atoms with Crippen LogP contribution in [0.15, 0.2) is 72.1 Å². The number of nitrogens with one attached hydrogen (secondary N) is 3. The van der Waals surface area contributed by atoms with Crippen molar-refractivity contribution in [2.45, 2.75) is 16.6 Å². The van der Waals surface area contributed by atoms with Crippen molar-refractivity contribution in [1.29, 1.82) is 0 Å². The molecule has 1 atom stereocenters. The predicted molar refractivity (Wildman–Crippen MR) is 136 cm³/mol. The number of carbonyl (C=O) groups is 2. The van der Waals surface area contributed by atoms with Crippen LogP contribution in [0.3, 0.4) is 0 Å². The number of benzene rings is 1. The van der Waals surface area contributed by atoms with Crippen LogP contribution in [0.5, 0.6) is 0 Å². The molecule has 0 aliphatic carbocycles. The molecular weight excluding hydrogens is 505 g/mol. The summed E-state index contributed by atoms with van der Waals surface area (Å²) in [7, 11) is 3.87. The Balaban J connectivity index is 1.77. The van der Waals surface area contributed by atoms with Gasteiger partial charge in [0.05, 0.1) is 17.7 Å². The number of aromatic nitrogens is 2. The lowest BCUT2D eigenvalue weighted by molar-refractivity contribution is -0.137. The van der Waals surface area contributed by atoms with Gasteiger partial charge in [0, 0.05) is 37.4 Å². The molecule has 2 heterocycles.